The zero-order valence-corrected chi connectivity index (χ0v) is 13.7. The number of nitrogens with one attached hydrogen (secondary N) is 1. The molecule has 1 aliphatic heterocycles. The van der Waals surface area contributed by atoms with Crippen molar-refractivity contribution in [1.82, 2.24) is 5.32 Å². The largest absolute Gasteiger partial charge is 0.371 e. The quantitative estimate of drug-likeness (QED) is 0.882. The highest BCUT2D eigenvalue weighted by Gasteiger charge is 2.29. The molecule has 2 heteroatoms. The molecule has 1 saturated carbocycles. The Morgan fingerprint density at radius 2 is 2.14 bits per heavy atom. The third-order valence-electron chi connectivity index (χ3n) is 5.22. The summed E-state index contributed by atoms with van der Waals surface area (Å²) in [5.41, 5.74) is 4.48. The van der Waals surface area contributed by atoms with Gasteiger partial charge in [-0.15, -0.1) is 0 Å². The van der Waals surface area contributed by atoms with E-state index in [4.69, 9.17) is 0 Å². The predicted molar refractivity (Wildman–Crippen MR) is 91.1 cm³/mol. The molecule has 1 heterocycles. The van der Waals surface area contributed by atoms with E-state index in [2.05, 4.69) is 42.3 Å². The number of aryl methyl sites for hydroxylation is 2. The Morgan fingerprint density at radius 3 is 3.00 bits per heavy atom. The molecule has 2 unspecified atom stereocenters. The van der Waals surface area contributed by atoms with E-state index in [0.717, 1.165) is 12.0 Å². The highest BCUT2D eigenvalue weighted by atomic mass is 15.1. The first kappa shape index (κ1) is 14.9. The maximum absolute atomic E-state index is 3.78. The summed E-state index contributed by atoms with van der Waals surface area (Å²) >= 11 is 0. The van der Waals surface area contributed by atoms with Crippen LogP contribution in [0.5, 0.6) is 0 Å². The van der Waals surface area contributed by atoms with Crippen molar-refractivity contribution in [3.63, 3.8) is 0 Å². The first-order valence-corrected chi connectivity index (χ1v) is 8.86. The third kappa shape index (κ3) is 3.42. The van der Waals surface area contributed by atoms with Crippen molar-refractivity contribution in [2.24, 2.45) is 5.92 Å². The van der Waals surface area contributed by atoms with Crippen LogP contribution >= 0.6 is 0 Å². The second-order valence-electron chi connectivity index (χ2n) is 6.93. The molecule has 0 bridgehead atoms. The van der Waals surface area contributed by atoms with E-state index in [0.29, 0.717) is 0 Å². The van der Waals surface area contributed by atoms with Gasteiger partial charge in [-0.1, -0.05) is 31.0 Å². The summed E-state index contributed by atoms with van der Waals surface area (Å²) in [6, 6.07) is 7.77. The summed E-state index contributed by atoms with van der Waals surface area (Å²) < 4.78 is 0. The normalized spacial score (nSPS) is 25.1. The molecule has 0 spiro atoms. The van der Waals surface area contributed by atoms with Crippen LogP contribution in [0.1, 0.15) is 50.2 Å². The fraction of sp³-hybridized carbons (Fsp3) is 0.684. The smallest absolute Gasteiger partial charge is 0.0399 e. The van der Waals surface area contributed by atoms with Gasteiger partial charge in [-0.3, -0.25) is 0 Å². The number of fused-ring (bicyclic) bond motifs is 1. The average molecular weight is 286 g/mol. The van der Waals surface area contributed by atoms with Gasteiger partial charge in [0.05, 0.1) is 0 Å². The summed E-state index contributed by atoms with van der Waals surface area (Å²) in [6.45, 7) is 8.14. The van der Waals surface area contributed by atoms with Crippen molar-refractivity contribution in [3.8, 4) is 0 Å². The van der Waals surface area contributed by atoms with E-state index in [1.54, 1.807) is 5.56 Å². The van der Waals surface area contributed by atoms with Crippen LogP contribution in [0.2, 0.25) is 0 Å². The Labute approximate surface area is 129 Å². The fourth-order valence-corrected chi connectivity index (χ4v) is 4.13. The molecule has 2 aliphatic rings. The Hall–Kier alpha value is -1.02. The Kier molecular flexibility index (Phi) is 4.84. The first-order valence-electron chi connectivity index (χ1n) is 8.86. The van der Waals surface area contributed by atoms with Crippen molar-refractivity contribution in [2.75, 3.05) is 24.5 Å². The average Bonchev–Trinajstić information content (AvgIpc) is 2.92. The van der Waals surface area contributed by atoms with E-state index < -0.39 is 0 Å². The number of rotatable bonds is 5. The minimum Gasteiger partial charge on any atom is -0.371 e. The number of hydrogen-bond donors (Lipinski definition) is 1. The van der Waals surface area contributed by atoms with Crippen LogP contribution in [0.4, 0.5) is 5.69 Å². The van der Waals surface area contributed by atoms with E-state index in [1.807, 2.05) is 0 Å². The van der Waals surface area contributed by atoms with Crippen LogP contribution in [0, 0.1) is 12.8 Å². The molecule has 1 fully saturated rings. The van der Waals surface area contributed by atoms with E-state index in [-0.39, 0.29) is 0 Å². The molecule has 0 aromatic heterocycles. The summed E-state index contributed by atoms with van der Waals surface area (Å²) in [4.78, 5) is 2.66. The monoisotopic (exact) mass is 286 g/mol. The molecular weight excluding hydrogens is 256 g/mol. The maximum atomic E-state index is 3.78. The summed E-state index contributed by atoms with van der Waals surface area (Å²) in [6.07, 6.45) is 8.00. The Balaban J connectivity index is 1.68. The Morgan fingerprint density at radius 1 is 1.24 bits per heavy atom. The van der Waals surface area contributed by atoms with Crippen molar-refractivity contribution >= 4 is 5.69 Å². The minimum atomic E-state index is 0.751. The summed E-state index contributed by atoms with van der Waals surface area (Å²) in [5.74, 6) is 0.837. The highest BCUT2D eigenvalue weighted by molar-refractivity contribution is 5.56. The molecule has 116 valence electrons. The van der Waals surface area contributed by atoms with Gasteiger partial charge >= 0.3 is 0 Å². The molecule has 21 heavy (non-hydrogen) atoms. The lowest BCUT2D eigenvalue weighted by Crippen LogP contribution is -2.41. The van der Waals surface area contributed by atoms with Crippen molar-refractivity contribution in [2.45, 2.75) is 58.4 Å². The van der Waals surface area contributed by atoms with Gasteiger partial charge in [-0.05, 0) is 63.1 Å². The van der Waals surface area contributed by atoms with Gasteiger partial charge in [0.15, 0.2) is 0 Å². The van der Waals surface area contributed by atoms with E-state index >= 15 is 0 Å². The first-order chi connectivity index (χ1) is 10.3. The fourth-order valence-electron chi connectivity index (χ4n) is 4.13. The zero-order chi connectivity index (χ0) is 14.7. The number of benzene rings is 1. The van der Waals surface area contributed by atoms with Crippen molar-refractivity contribution < 1.29 is 0 Å². The standard InChI is InChI=1S/C19H30N2/c1-3-11-20-18-8-4-6-17(18)14-21-12-5-7-16-13-15(2)9-10-19(16)21/h9-10,13,17-18,20H,3-8,11-12,14H2,1-2H3. The molecule has 1 aromatic carbocycles. The third-order valence-corrected chi connectivity index (χ3v) is 5.22. The van der Waals surface area contributed by atoms with Gasteiger partial charge in [0.2, 0.25) is 0 Å². The molecule has 1 N–H and O–H groups in total. The zero-order valence-electron chi connectivity index (χ0n) is 13.7. The van der Waals surface area contributed by atoms with Gasteiger partial charge in [0.1, 0.15) is 0 Å². The van der Waals surface area contributed by atoms with Gasteiger partial charge < -0.3 is 10.2 Å². The topological polar surface area (TPSA) is 15.3 Å². The number of nitrogens with zero attached hydrogens (tertiary/aromatic N) is 1. The molecule has 3 rings (SSSR count). The van der Waals surface area contributed by atoms with Gasteiger partial charge in [0.25, 0.3) is 0 Å². The van der Waals surface area contributed by atoms with Crippen LogP contribution in [0.25, 0.3) is 0 Å². The SMILES string of the molecule is CCCNC1CCCC1CN1CCCc2cc(C)ccc21. The van der Waals surface area contributed by atoms with Crippen molar-refractivity contribution in [1.29, 1.82) is 0 Å². The lowest BCUT2D eigenvalue weighted by molar-refractivity contribution is 0.396. The Bertz CT molecular complexity index is 469. The van der Waals surface area contributed by atoms with Crippen molar-refractivity contribution in [3.05, 3.63) is 29.3 Å². The summed E-state index contributed by atoms with van der Waals surface area (Å²) in [7, 11) is 0. The second kappa shape index (κ2) is 6.83. The number of hydrogen-bond acceptors (Lipinski definition) is 2. The highest BCUT2D eigenvalue weighted by Crippen LogP contribution is 2.32. The lowest BCUT2D eigenvalue weighted by Gasteiger charge is -2.35. The molecular formula is C19H30N2. The van der Waals surface area contributed by atoms with Crippen LogP contribution in [0.3, 0.4) is 0 Å². The van der Waals surface area contributed by atoms with Crippen LogP contribution in [-0.4, -0.2) is 25.7 Å². The van der Waals surface area contributed by atoms with Gasteiger partial charge in [0, 0.05) is 24.8 Å². The lowest BCUT2D eigenvalue weighted by atomic mass is 9.96. The van der Waals surface area contributed by atoms with Gasteiger partial charge in [-0.25, -0.2) is 0 Å². The predicted octanol–water partition coefficient (Wildman–Crippen LogP) is 3.92. The van der Waals surface area contributed by atoms with E-state index in [1.165, 1.54) is 69.4 Å². The summed E-state index contributed by atoms with van der Waals surface area (Å²) in [5, 5.41) is 3.78. The molecule has 0 saturated heterocycles. The van der Waals surface area contributed by atoms with Crippen LogP contribution in [-0.2, 0) is 6.42 Å². The van der Waals surface area contributed by atoms with Gasteiger partial charge in [-0.2, -0.15) is 0 Å². The molecule has 2 nitrogen and oxygen atoms in total. The molecule has 0 amide bonds. The number of anilines is 1. The second-order valence-corrected chi connectivity index (χ2v) is 6.93. The molecule has 1 aromatic rings. The molecule has 1 aliphatic carbocycles. The van der Waals surface area contributed by atoms with E-state index in [9.17, 15) is 0 Å². The van der Waals surface area contributed by atoms with Crippen LogP contribution in [0.15, 0.2) is 18.2 Å². The van der Waals surface area contributed by atoms with Crippen LogP contribution < -0.4 is 10.2 Å². The minimum absolute atomic E-state index is 0.751. The molecule has 0 radical (unpaired) electrons. The molecule has 2 atom stereocenters. The maximum Gasteiger partial charge on any atom is 0.0399 e.